The van der Waals surface area contributed by atoms with E-state index in [9.17, 15) is 14.4 Å². The standard InChI is InChI=1S/C33H31N3O4S/c1-22-12-14-24(15-13-22)20-30(36-32(38)25-8-5-4-6-9-25)33(39)34-26-16-18-29(19-17-26)41-23(2)31(37)35-27-10-7-11-28(21-27)40-3/h4-21,23H,1-3H3,(H,34,39)(H,35,37)(H,36,38)/b30-20-. The lowest BCUT2D eigenvalue weighted by atomic mass is 10.1. The average molecular weight is 566 g/mol. The third-order valence-electron chi connectivity index (χ3n) is 6.05. The van der Waals surface area contributed by atoms with Crippen LogP contribution in [-0.4, -0.2) is 30.1 Å². The second-order valence-corrected chi connectivity index (χ2v) is 10.7. The van der Waals surface area contributed by atoms with E-state index in [0.29, 0.717) is 22.7 Å². The van der Waals surface area contributed by atoms with Crippen molar-refractivity contribution in [1.82, 2.24) is 5.32 Å². The molecule has 0 aliphatic rings. The molecule has 208 valence electrons. The molecule has 0 bridgehead atoms. The predicted molar refractivity (Wildman–Crippen MR) is 165 cm³/mol. The summed E-state index contributed by atoms with van der Waals surface area (Å²) in [5.41, 5.74) is 3.64. The van der Waals surface area contributed by atoms with Gasteiger partial charge in [-0.25, -0.2) is 0 Å². The quantitative estimate of drug-likeness (QED) is 0.150. The van der Waals surface area contributed by atoms with Crippen molar-refractivity contribution in [1.29, 1.82) is 0 Å². The Kier molecular flexibility index (Phi) is 9.96. The van der Waals surface area contributed by atoms with E-state index in [1.54, 1.807) is 61.7 Å². The number of rotatable bonds is 10. The highest BCUT2D eigenvalue weighted by Gasteiger charge is 2.17. The van der Waals surface area contributed by atoms with E-state index in [1.807, 2.05) is 68.4 Å². The van der Waals surface area contributed by atoms with Gasteiger partial charge in [-0.05, 0) is 74.0 Å². The van der Waals surface area contributed by atoms with Gasteiger partial charge in [0.2, 0.25) is 5.91 Å². The zero-order chi connectivity index (χ0) is 29.2. The number of nitrogens with one attached hydrogen (secondary N) is 3. The van der Waals surface area contributed by atoms with Gasteiger partial charge in [0.1, 0.15) is 11.4 Å². The van der Waals surface area contributed by atoms with E-state index in [4.69, 9.17) is 4.74 Å². The summed E-state index contributed by atoms with van der Waals surface area (Å²) < 4.78 is 5.21. The molecule has 4 aromatic carbocycles. The Hall–Kier alpha value is -4.82. The number of anilines is 2. The minimum atomic E-state index is -0.457. The molecule has 8 heteroatoms. The molecular weight excluding hydrogens is 534 g/mol. The van der Waals surface area contributed by atoms with Crippen molar-refractivity contribution in [3.63, 3.8) is 0 Å². The average Bonchev–Trinajstić information content (AvgIpc) is 2.99. The molecule has 0 saturated heterocycles. The summed E-state index contributed by atoms with van der Waals surface area (Å²) in [6, 6.07) is 30.7. The summed E-state index contributed by atoms with van der Waals surface area (Å²) >= 11 is 1.40. The molecule has 7 nitrogen and oxygen atoms in total. The third-order valence-corrected chi connectivity index (χ3v) is 7.16. The summed E-state index contributed by atoms with van der Waals surface area (Å²) in [5, 5.41) is 8.14. The number of hydrogen-bond donors (Lipinski definition) is 3. The van der Waals surface area contributed by atoms with Gasteiger partial charge >= 0.3 is 0 Å². The van der Waals surface area contributed by atoms with Crippen LogP contribution in [0.2, 0.25) is 0 Å². The van der Waals surface area contributed by atoms with Crippen LogP contribution >= 0.6 is 11.8 Å². The number of amides is 3. The minimum absolute atomic E-state index is 0.115. The Bertz CT molecular complexity index is 1540. The van der Waals surface area contributed by atoms with Crippen LogP contribution in [0.25, 0.3) is 6.08 Å². The van der Waals surface area contributed by atoms with E-state index in [-0.39, 0.29) is 22.8 Å². The van der Waals surface area contributed by atoms with Crippen molar-refractivity contribution in [2.24, 2.45) is 0 Å². The first kappa shape index (κ1) is 29.2. The molecule has 0 saturated carbocycles. The van der Waals surface area contributed by atoms with Gasteiger partial charge in [0, 0.05) is 27.9 Å². The summed E-state index contributed by atoms with van der Waals surface area (Å²) in [7, 11) is 1.58. The van der Waals surface area contributed by atoms with Crippen LogP contribution in [0.3, 0.4) is 0 Å². The van der Waals surface area contributed by atoms with Gasteiger partial charge in [0.05, 0.1) is 12.4 Å². The van der Waals surface area contributed by atoms with Gasteiger partial charge in [-0.2, -0.15) is 0 Å². The normalized spacial score (nSPS) is 11.7. The van der Waals surface area contributed by atoms with Gasteiger partial charge in [-0.15, -0.1) is 11.8 Å². The summed E-state index contributed by atoms with van der Waals surface area (Å²) in [5.74, 6) is -0.314. The first-order chi connectivity index (χ1) is 19.8. The molecule has 0 fully saturated rings. The van der Waals surface area contributed by atoms with Gasteiger partial charge in [0.15, 0.2) is 0 Å². The second-order valence-electron chi connectivity index (χ2n) is 9.25. The fourth-order valence-electron chi connectivity index (χ4n) is 3.79. The molecule has 0 aliphatic heterocycles. The summed E-state index contributed by atoms with van der Waals surface area (Å²) in [4.78, 5) is 39.7. The lowest BCUT2D eigenvalue weighted by Gasteiger charge is -2.14. The SMILES string of the molecule is COc1cccc(NC(=O)C(C)Sc2ccc(NC(=O)/C(=C/c3ccc(C)cc3)NC(=O)c3ccccc3)cc2)c1. The van der Waals surface area contributed by atoms with Gasteiger partial charge in [-0.3, -0.25) is 14.4 Å². The van der Waals surface area contributed by atoms with Crippen LogP contribution in [-0.2, 0) is 9.59 Å². The first-order valence-corrected chi connectivity index (χ1v) is 13.9. The van der Waals surface area contributed by atoms with E-state index in [2.05, 4.69) is 16.0 Å². The first-order valence-electron chi connectivity index (χ1n) is 13.0. The van der Waals surface area contributed by atoms with Crippen LogP contribution in [0.5, 0.6) is 5.75 Å². The Morgan fingerprint density at radius 3 is 2.20 bits per heavy atom. The Balaban J connectivity index is 1.42. The zero-order valence-electron chi connectivity index (χ0n) is 23.0. The molecular formula is C33H31N3O4S. The van der Waals surface area contributed by atoms with E-state index in [0.717, 1.165) is 16.0 Å². The number of carbonyl (C=O) groups excluding carboxylic acids is 3. The van der Waals surface area contributed by atoms with Gasteiger partial charge in [-0.1, -0.05) is 54.1 Å². The molecule has 4 aromatic rings. The third kappa shape index (κ3) is 8.58. The lowest BCUT2D eigenvalue weighted by molar-refractivity contribution is -0.115. The van der Waals surface area contributed by atoms with Crippen molar-refractivity contribution in [3.8, 4) is 5.75 Å². The van der Waals surface area contributed by atoms with Crippen molar-refractivity contribution >= 4 is 46.9 Å². The van der Waals surface area contributed by atoms with Crippen molar-refractivity contribution in [2.45, 2.75) is 24.0 Å². The van der Waals surface area contributed by atoms with Gasteiger partial charge < -0.3 is 20.7 Å². The monoisotopic (exact) mass is 565 g/mol. The molecule has 0 aromatic heterocycles. The summed E-state index contributed by atoms with van der Waals surface area (Å²) in [6.07, 6.45) is 1.64. The van der Waals surface area contributed by atoms with Gasteiger partial charge in [0.25, 0.3) is 11.8 Å². The maximum Gasteiger partial charge on any atom is 0.272 e. The Morgan fingerprint density at radius 2 is 1.51 bits per heavy atom. The molecule has 4 rings (SSSR count). The molecule has 0 spiro atoms. The number of ether oxygens (including phenoxy) is 1. The number of hydrogen-bond acceptors (Lipinski definition) is 5. The number of aryl methyl sites for hydroxylation is 1. The molecule has 0 heterocycles. The van der Waals surface area contributed by atoms with Crippen LogP contribution in [0.15, 0.2) is 114 Å². The number of benzene rings is 4. The number of methoxy groups -OCH3 is 1. The fourth-order valence-corrected chi connectivity index (χ4v) is 4.66. The minimum Gasteiger partial charge on any atom is -0.497 e. The molecule has 41 heavy (non-hydrogen) atoms. The molecule has 3 N–H and O–H groups in total. The van der Waals surface area contributed by atoms with E-state index < -0.39 is 5.91 Å². The number of carbonyl (C=O) groups is 3. The van der Waals surface area contributed by atoms with Crippen molar-refractivity contribution in [2.75, 3.05) is 17.7 Å². The highest BCUT2D eigenvalue weighted by Crippen LogP contribution is 2.26. The maximum atomic E-state index is 13.3. The predicted octanol–water partition coefficient (Wildman–Crippen LogP) is 6.53. The smallest absolute Gasteiger partial charge is 0.272 e. The molecule has 1 unspecified atom stereocenters. The zero-order valence-corrected chi connectivity index (χ0v) is 23.8. The fraction of sp³-hybridized carbons (Fsp3) is 0.121. The lowest BCUT2D eigenvalue weighted by Crippen LogP contribution is -2.30. The topological polar surface area (TPSA) is 96.5 Å². The van der Waals surface area contributed by atoms with Crippen molar-refractivity contribution < 1.29 is 19.1 Å². The Morgan fingerprint density at radius 1 is 0.805 bits per heavy atom. The second kappa shape index (κ2) is 14.0. The summed E-state index contributed by atoms with van der Waals surface area (Å²) in [6.45, 7) is 3.81. The molecule has 0 aliphatic carbocycles. The van der Waals surface area contributed by atoms with Crippen LogP contribution in [0, 0.1) is 6.92 Å². The maximum absolute atomic E-state index is 13.3. The van der Waals surface area contributed by atoms with Crippen LogP contribution in [0.1, 0.15) is 28.4 Å². The largest absolute Gasteiger partial charge is 0.497 e. The number of thioether (sulfide) groups is 1. The van der Waals surface area contributed by atoms with Crippen LogP contribution in [0.4, 0.5) is 11.4 Å². The van der Waals surface area contributed by atoms with E-state index in [1.165, 1.54) is 11.8 Å². The molecule has 0 radical (unpaired) electrons. The molecule has 3 amide bonds. The highest BCUT2D eigenvalue weighted by molar-refractivity contribution is 8.00. The van der Waals surface area contributed by atoms with Crippen molar-refractivity contribution in [3.05, 3.63) is 126 Å². The Labute approximate surface area is 244 Å². The molecule has 1 atom stereocenters. The highest BCUT2D eigenvalue weighted by atomic mass is 32.2. The van der Waals surface area contributed by atoms with E-state index >= 15 is 0 Å². The van der Waals surface area contributed by atoms with Crippen LogP contribution < -0.4 is 20.7 Å².